The molecule has 2 aromatic heterocycles. The summed E-state index contributed by atoms with van der Waals surface area (Å²) in [5.74, 6) is 1.83. The largest absolute Gasteiger partial charge is 0.497 e. The molecule has 0 spiro atoms. The van der Waals surface area contributed by atoms with E-state index in [4.69, 9.17) is 14.2 Å². The van der Waals surface area contributed by atoms with E-state index in [2.05, 4.69) is 21.5 Å². The number of nitrogens with zero attached hydrogens (tertiary/aromatic N) is 3. The minimum absolute atomic E-state index is 0.100. The lowest BCUT2D eigenvalue weighted by Gasteiger charge is -2.23. The van der Waals surface area contributed by atoms with Crippen molar-refractivity contribution >= 4 is 28.5 Å². The van der Waals surface area contributed by atoms with E-state index in [1.54, 1.807) is 14.0 Å². The predicted molar refractivity (Wildman–Crippen MR) is 131 cm³/mol. The number of ether oxygens (including phenoxy) is 1. The number of aryl methyl sites for hydroxylation is 1. The van der Waals surface area contributed by atoms with Crippen LogP contribution in [0, 0.1) is 6.92 Å². The summed E-state index contributed by atoms with van der Waals surface area (Å²) in [6.07, 6.45) is 5.36. The van der Waals surface area contributed by atoms with Gasteiger partial charge >= 0.3 is 0 Å². The maximum atomic E-state index is 13.4. The van der Waals surface area contributed by atoms with Crippen molar-refractivity contribution in [3.8, 4) is 5.75 Å². The van der Waals surface area contributed by atoms with Crippen LogP contribution >= 0.6 is 0 Å². The molecule has 1 aliphatic rings. The summed E-state index contributed by atoms with van der Waals surface area (Å²) >= 11 is 0. The number of methoxy groups -OCH3 is 1. The highest BCUT2D eigenvalue weighted by Crippen LogP contribution is 2.36. The molecule has 7 heteroatoms. The molecule has 0 saturated heterocycles. The number of aromatic nitrogens is 3. The van der Waals surface area contributed by atoms with E-state index in [1.807, 2.05) is 48.5 Å². The summed E-state index contributed by atoms with van der Waals surface area (Å²) in [4.78, 5) is 22.6. The summed E-state index contributed by atoms with van der Waals surface area (Å²) in [6, 6.07) is 15.8. The average Bonchev–Trinajstić information content (AvgIpc) is 3.28. The van der Waals surface area contributed by atoms with Crippen LogP contribution in [0.2, 0.25) is 0 Å². The van der Waals surface area contributed by atoms with Gasteiger partial charge in [0.25, 0.3) is 5.91 Å². The van der Waals surface area contributed by atoms with E-state index in [0.29, 0.717) is 30.2 Å². The van der Waals surface area contributed by atoms with Crippen molar-refractivity contribution in [3.05, 3.63) is 82.6 Å². The Morgan fingerprint density at radius 2 is 1.94 bits per heavy atom. The number of carbonyl (C=O) groups excluding carboxylic acids is 1. The number of nitrogens with one attached hydrogen (secondary N) is 1. The maximum absolute atomic E-state index is 13.4. The second-order valence-electron chi connectivity index (χ2n) is 8.37. The maximum Gasteiger partial charge on any atom is 0.252 e. The summed E-state index contributed by atoms with van der Waals surface area (Å²) in [5, 5.41) is 7.72. The van der Waals surface area contributed by atoms with Gasteiger partial charge in [-0.1, -0.05) is 35.5 Å². The second-order valence-corrected chi connectivity index (χ2v) is 8.37. The number of amides is 1. The van der Waals surface area contributed by atoms with Crippen LogP contribution in [0.15, 0.2) is 53.1 Å². The second kappa shape index (κ2) is 9.47. The molecule has 5 rings (SSSR count). The molecule has 1 amide bonds. The number of para-hydroxylation sites is 1. The first-order valence-electron chi connectivity index (χ1n) is 11.5. The van der Waals surface area contributed by atoms with Crippen molar-refractivity contribution in [2.75, 3.05) is 13.7 Å². The monoisotopic (exact) mass is 454 g/mol. The molecule has 172 valence electrons. The van der Waals surface area contributed by atoms with Gasteiger partial charge in [0.15, 0.2) is 5.82 Å². The normalized spacial score (nSPS) is 14.2. The van der Waals surface area contributed by atoms with Gasteiger partial charge in [-0.15, -0.1) is 0 Å². The Kier molecular flexibility index (Phi) is 6.08. The highest BCUT2D eigenvalue weighted by molar-refractivity contribution is 6.09. The first-order chi connectivity index (χ1) is 16.6. The molecule has 4 aromatic rings. The van der Waals surface area contributed by atoms with Crippen molar-refractivity contribution in [2.24, 2.45) is 0 Å². The van der Waals surface area contributed by atoms with Crippen LogP contribution < -0.4 is 10.1 Å². The average molecular weight is 455 g/mol. The molecule has 2 heterocycles. The highest BCUT2D eigenvalue weighted by atomic mass is 16.5. The zero-order chi connectivity index (χ0) is 23.5. The lowest BCUT2D eigenvalue weighted by atomic mass is 9.85. The molecule has 0 bridgehead atoms. The molecule has 0 saturated carbocycles. The lowest BCUT2D eigenvalue weighted by molar-refractivity contribution is 0.0954. The smallest absolute Gasteiger partial charge is 0.252 e. The van der Waals surface area contributed by atoms with Gasteiger partial charge in [0.2, 0.25) is 5.89 Å². The minimum atomic E-state index is -0.100. The van der Waals surface area contributed by atoms with E-state index in [1.165, 1.54) is 0 Å². The van der Waals surface area contributed by atoms with Crippen molar-refractivity contribution in [2.45, 2.75) is 32.6 Å². The third-order valence-corrected chi connectivity index (χ3v) is 6.05. The van der Waals surface area contributed by atoms with Gasteiger partial charge in [0.1, 0.15) is 5.75 Å². The molecule has 7 nitrogen and oxygen atoms in total. The van der Waals surface area contributed by atoms with Crippen LogP contribution in [0.4, 0.5) is 0 Å². The molecule has 0 aliphatic heterocycles. The third kappa shape index (κ3) is 4.41. The predicted octanol–water partition coefficient (Wildman–Crippen LogP) is 4.78. The first kappa shape index (κ1) is 21.8. The Morgan fingerprint density at radius 3 is 2.71 bits per heavy atom. The molecule has 0 fully saturated rings. The number of allylic oxidation sites excluding steroid dienone is 1. The standard InChI is InChI=1S/C27H26N4O3/c1-17-29-24(34-31-17)14-15-28-27(32)25-21-7-3-4-9-23(21)30-26-19(6-5-8-22(25)26)16-18-10-12-20(33-2)13-11-18/h3-4,7,9-13,16H,5-6,8,14-15H2,1-2H3,(H,28,32)/b19-16+. The van der Waals surface area contributed by atoms with Gasteiger partial charge in [0.05, 0.1) is 23.9 Å². The summed E-state index contributed by atoms with van der Waals surface area (Å²) in [6.45, 7) is 2.19. The third-order valence-electron chi connectivity index (χ3n) is 6.05. The molecule has 1 N–H and O–H groups in total. The fourth-order valence-electron chi connectivity index (χ4n) is 4.45. The van der Waals surface area contributed by atoms with E-state index < -0.39 is 0 Å². The highest BCUT2D eigenvalue weighted by Gasteiger charge is 2.25. The summed E-state index contributed by atoms with van der Waals surface area (Å²) in [5.41, 5.74) is 5.69. The Hall–Kier alpha value is -4.00. The first-order valence-corrected chi connectivity index (χ1v) is 11.5. The number of carbonyl (C=O) groups is 1. The number of fused-ring (bicyclic) bond motifs is 2. The summed E-state index contributed by atoms with van der Waals surface area (Å²) < 4.78 is 10.4. The molecular weight excluding hydrogens is 428 g/mol. The van der Waals surface area contributed by atoms with Gasteiger partial charge in [-0.25, -0.2) is 4.98 Å². The number of hydrogen-bond donors (Lipinski definition) is 1. The van der Waals surface area contributed by atoms with Crippen molar-refractivity contribution in [3.63, 3.8) is 0 Å². The fraction of sp³-hybridized carbons (Fsp3) is 0.259. The van der Waals surface area contributed by atoms with Gasteiger partial charge in [0, 0.05) is 18.4 Å². The fourth-order valence-corrected chi connectivity index (χ4v) is 4.45. The van der Waals surface area contributed by atoms with Crippen molar-refractivity contribution in [1.82, 2.24) is 20.4 Å². The van der Waals surface area contributed by atoms with Gasteiger partial charge < -0.3 is 14.6 Å². The van der Waals surface area contributed by atoms with Crippen LogP contribution in [0.5, 0.6) is 5.75 Å². The Balaban J connectivity index is 1.50. The Bertz CT molecular complexity index is 1370. The zero-order valence-electron chi connectivity index (χ0n) is 19.3. The Morgan fingerprint density at radius 1 is 1.12 bits per heavy atom. The molecule has 34 heavy (non-hydrogen) atoms. The van der Waals surface area contributed by atoms with Gasteiger partial charge in [-0.05, 0) is 67.2 Å². The minimum Gasteiger partial charge on any atom is -0.497 e. The van der Waals surface area contributed by atoms with E-state index in [0.717, 1.165) is 58.3 Å². The quantitative estimate of drug-likeness (QED) is 0.451. The van der Waals surface area contributed by atoms with Crippen LogP contribution in [0.3, 0.4) is 0 Å². The molecule has 2 aromatic carbocycles. The van der Waals surface area contributed by atoms with Crippen LogP contribution in [0.1, 0.15) is 51.7 Å². The van der Waals surface area contributed by atoms with Crippen LogP contribution in [-0.2, 0) is 12.8 Å². The lowest BCUT2D eigenvalue weighted by Crippen LogP contribution is -2.28. The zero-order valence-corrected chi connectivity index (χ0v) is 19.3. The van der Waals surface area contributed by atoms with Crippen LogP contribution in [0.25, 0.3) is 22.6 Å². The Labute approximate surface area is 197 Å². The van der Waals surface area contributed by atoms with E-state index in [-0.39, 0.29) is 5.91 Å². The number of pyridine rings is 1. The molecular formula is C27H26N4O3. The summed E-state index contributed by atoms with van der Waals surface area (Å²) in [7, 11) is 1.66. The molecule has 0 atom stereocenters. The van der Waals surface area contributed by atoms with E-state index in [9.17, 15) is 4.79 Å². The molecule has 1 aliphatic carbocycles. The molecule has 0 radical (unpaired) electrons. The van der Waals surface area contributed by atoms with Crippen molar-refractivity contribution < 1.29 is 14.1 Å². The van der Waals surface area contributed by atoms with Crippen molar-refractivity contribution in [1.29, 1.82) is 0 Å². The number of benzene rings is 2. The van der Waals surface area contributed by atoms with Crippen LogP contribution in [-0.4, -0.2) is 34.7 Å². The SMILES string of the molecule is COc1ccc(/C=C2\CCCc3c2nc2ccccc2c3C(=O)NCCc2nc(C)no2)cc1. The number of rotatable bonds is 6. The van der Waals surface area contributed by atoms with E-state index >= 15 is 0 Å². The van der Waals surface area contributed by atoms with Gasteiger partial charge in [-0.3, -0.25) is 4.79 Å². The number of hydrogen-bond acceptors (Lipinski definition) is 6. The topological polar surface area (TPSA) is 90.1 Å². The molecule has 0 unspecified atom stereocenters. The van der Waals surface area contributed by atoms with Gasteiger partial charge in [-0.2, -0.15) is 4.98 Å².